The molecule has 2 nitrogen and oxygen atoms in total. The summed E-state index contributed by atoms with van der Waals surface area (Å²) < 4.78 is 0. The van der Waals surface area contributed by atoms with Gasteiger partial charge in [-0.05, 0) is 44.2 Å². The van der Waals surface area contributed by atoms with Crippen molar-refractivity contribution < 1.29 is 0 Å². The summed E-state index contributed by atoms with van der Waals surface area (Å²) >= 11 is 0. The monoisotopic (exact) mass is 240 g/mol. The summed E-state index contributed by atoms with van der Waals surface area (Å²) in [5.41, 5.74) is 0. The maximum Gasteiger partial charge on any atom is 0.0195 e. The average molecular weight is 240 g/mol. The van der Waals surface area contributed by atoms with E-state index in [4.69, 9.17) is 0 Å². The largest absolute Gasteiger partial charge is 0.315 e. The van der Waals surface area contributed by atoms with Crippen LogP contribution in [-0.2, 0) is 0 Å². The molecule has 2 N–H and O–H groups in total. The highest BCUT2D eigenvalue weighted by atomic mass is 15.0. The third kappa shape index (κ3) is 6.42. The van der Waals surface area contributed by atoms with E-state index in [1.165, 1.54) is 51.6 Å². The second kappa shape index (κ2) is 8.93. The molecular formula is C15H32N2. The Morgan fingerprint density at radius 1 is 1.35 bits per heavy atom. The van der Waals surface area contributed by atoms with Gasteiger partial charge in [0.2, 0.25) is 0 Å². The Morgan fingerprint density at radius 3 is 2.82 bits per heavy atom. The molecule has 1 aliphatic heterocycles. The van der Waals surface area contributed by atoms with Crippen LogP contribution in [0.15, 0.2) is 0 Å². The molecule has 2 heteroatoms. The number of unbranched alkanes of at least 4 members (excludes halogenated alkanes) is 1. The molecule has 1 aliphatic rings. The fourth-order valence-corrected chi connectivity index (χ4v) is 2.78. The first kappa shape index (κ1) is 15.0. The van der Waals surface area contributed by atoms with Crippen molar-refractivity contribution in [2.75, 3.05) is 19.6 Å². The second-order valence-corrected chi connectivity index (χ2v) is 5.86. The van der Waals surface area contributed by atoms with Gasteiger partial charge in [0, 0.05) is 12.6 Å². The van der Waals surface area contributed by atoms with Gasteiger partial charge in [-0.25, -0.2) is 0 Å². The van der Waals surface area contributed by atoms with E-state index in [-0.39, 0.29) is 0 Å². The molecule has 0 saturated carbocycles. The molecular weight excluding hydrogens is 208 g/mol. The van der Waals surface area contributed by atoms with Gasteiger partial charge in [-0.1, -0.05) is 40.0 Å². The third-order valence-corrected chi connectivity index (χ3v) is 4.12. The van der Waals surface area contributed by atoms with Gasteiger partial charge in [0.1, 0.15) is 0 Å². The van der Waals surface area contributed by atoms with E-state index in [2.05, 4.69) is 31.4 Å². The summed E-state index contributed by atoms with van der Waals surface area (Å²) in [4.78, 5) is 0. The van der Waals surface area contributed by atoms with E-state index in [1.807, 2.05) is 0 Å². The summed E-state index contributed by atoms with van der Waals surface area (Å²) in [6, 6.07) is 0.711. The van der Waals surface area contributed by atoms with Crippen LogP contribution < -0.4 is 10.6 Å². The molecule has 0 aromatic rings. The van der Waals surface area contributed by atoms with Gasteiger partial charge in [0.25, 0.3) is 0 Å². The van der Waals surface area contributed by atoms with Crippen LogP contribution in [-0.4, -0.2) is 25.7 Å². The molecule has 1 rings (SSSR count). The minimum absolute atomic E-state index is 0.711. The molecule has 1 fully saturated rings. The maximum atomic E-state index is 3.67. The van der Waals surface area contributed by atoms with Gasteiger partial charge in [-0.3, -0.25) is 0 Å². The predicted octanol–water partition coefficient (Wildman–Crippen LogP) is 3.18. The lowest BCUT2D eigenvalue weighted by molar-refractivity contribution is 0.303. The summed E-state index contributed by atoms with van der Waals surface area (Å²) in [6.07, 6.45) is 8.14. The Bertz CT molecular complexity index is 182. The van der Waals surface area contributed by atoms with Crippen LogP contribution in [0.2, 0.25) is 0 Å². The van der Waals surface area contributed by atoms with Crippen LogP contribution in [0.25, 0.3) is 0 Å². The first-order valence-corrected chi connectivity index (χ1v) is 7.70. The number of piperidine rings is 1. The lowest BCUT2D eigenvalue weighted by Crippen LogP contribution is -2.44. The fraction of sp³-hybridized carbons (Fsp3) is 1.00. The van der Waals surface area contributed by atoms with Crippen LogP contribution in [0.4, 0.5) is 0 Å². The summed E-state index contributed by atoms with van der Waals surface area (Å²) in [5, 5.41) is 7.29. The lowest BCUT2D eigenvalue weighted by atomic mass is 9.94. The average Bonchev–Trinajstić information content (AvgIpc) is 2.33. The van der Waals surface area contributed by atoms with Gasteiger partial charge in [0.15, 0.2) is 0 Å². The molecule has 0 bridgehead atoms. The predicted molar refractivity (Wildman–Crippen MR) is 76.4 cm³/mol. The zero-order valence-electron chi connectivity index (χ0n) is 12.1. The Morgan fingerprint density at radius 2 is 2.18 bits per heavy atom. The van der Waals surface area contributed by atoms with E-state index >= 15 is 0 Å². The second-order valence-electron chi connectivity index (χ2n) is 5.86. The molecule has 3 atom stereocenters. The van der Waals surface area contributed by atoms with E-state index < -0.39 is 0 Å². The minimum Gasteiger partial charge on any atom is -0.315 e. The topological polar surface area (TPSA) is 24.1 Å². The van der Waals surface area contributed by atoms with E-state index in [0.717, 1.165) is 18.4 Å². The first-order chi connectivity index (χ1) is 8.26. The molecule has 1 saturated heterocycles. The molecule has 0 amide bonds. The molecule has 0 aromatic carbocycles. The van der Waals surface area contributed by atoms with Crippen molar-refractivity contribution in [3.05, 3.63) is 0 Å². The number of hydrogen-bond acceptors (Lipinski definition) is 2. The Labute approximate surface area is 108 Å². The van der Waals surface area contributed by atoms with E-state index in [0.29, 0.717) is 6.04 Å². The molecule has 1 heterocycles. The first-order valence-electron chi connectivity index (χ1n) is 7.70. The van der Waals surface area contributed by atoms with Gasteiger partial charge in [-0.2, -0.15) is 0 Å². The molecule has 0 radical (unpaired) electrons. The van der Waals surface area contributed by atoms with Gasteiger partial charge in [0.05, 0.1) is 0 Å². The SMILES string of the molecule is CCCCC(CC)CNCC1CC(C)CCN1. The Balaban J connectivity index is 2.08. The Hall–Kier alpha value is -0.0800. The summed E-state index contributed by atoms with van der Waals surface area (Å²) in [7, 11) is 0. The summed E-state index contributed by atoms with van der Waals surface area (Å²) in [5.74, 6) is 1.79. The van der Waals surface area contributed by atoms with Crippen molar-refractivity contribution in [2.24, 2.45) is 11.8 Å². The smallest absolute Gasteiger partial charge is 0.0195 e. The van der Waals surface area contributed by atoms with E-state index in [9.17, 15) is 0 Å². The van der Waals surface area contributed by atoms with Crippen molar-refractivity contribution in [3.63, 3.8) is 0 Å². The molecule has 102 valence electrons. The highest BCUT2D eigenvalue weighted by Gasteiger charge is 2.17. The van der Waals surface area contributed by atoms with Crippen LogP contribution in [0.3, 0.4) is 0 Å². The highest BCUT2D eigenvalue weighted by molar-refractivity contribution is 4.78. The zero-order chi connectivity index (χ0) is 12.5. The van der Waals surface area contributed by atoms with Crippen LogP contribution in [0.5, 0.6) is 0 Å². The van der Waals surface area contributed by atoms with Gasteiger partial charge >= 0.3 is 0 Å². The van der Waals surface area contributed by atoms with Gasteiger partial charge < -0.3 is 10.6 Å². The highest BCUT2D eigenvalue weighted by Crippen LogP contribution is 2.15. The summed E-state index contributed by atoms with van der Waals surface area (Å²) in [6.45, 7) is 10.6. The molecule has 0 aliphatic carbocycles. The van der Waals surface area contributed by atoms with Crippen LogP contribution in [0, 0.1) is 11.8 Å². The van der Waals surface area contributed by atoms with Gasteiger partial charge in [-0.15, -0.1) is 0 Å². The van der Waals surface area contributed by atoms with Crippen molar-refractivity contribution in [1.29, 1.82) is 0 Å². The number of nitrogens with one attached hydrogen (secondary N) is 2. The molecule has 0 aromatic heterocycles. The lowest BCUT2D eigenvalue weighted by Gasteiger charge is -2.29. The van der Waals surface area contributed by atoms with Crippen LogP contribution in [0.1, 0.15) is 59.3 Å². The molecule has 17 heavy (non-hydrogen) atoms. The Kier molecular flexibility index (Phi) is 7.87. The van der Waals surface area contributed by atoms with E-state index in [1.54, 1.807) is 0 Å². The minimum atomic E-state index is 0.711. The number of rotatable bonds is 8. The maximum absolute atomic E-state index is 3.67. The quantitative estimate of drug-likeness (QED) is 0.681. The zero-order valence-corrected chi connectivity index (χ0v) is 12.1. The third-order valence-electron chi connectivity index (χ3n) is 4.12. The van der Waals surface area contributed by atoms with Crippen molar-refractivity contribution in [1.82, 2.24) is 10.6 Å². The number of hydrogen-bond donors (Lipinski definition) is 2. The standard InChI is InChI=1S/C15H32N2/c1-4-6-7-14(5-2)11-16-12-15-10-13(3)8-9-17-15/h13-17H,4-12H2,1-3H3. The van der Waals surface area contributed by atoms with Crippen molar-refractivity contribution in [3.8, 4) is 0 Å². The fourth-order valence-electron chi connectivity index (χ4n) is 2.78. The normalized spacial score (nSPS) is 27.0. The van der Waals surface area contributed by atoms with Crippen LogP contribution >= 0.6 is 0 Å². The van der Waals surface area contributed by atoms with Crippen molar-refractivity contribution in [2.45, 2.75) is 65.3 Å². The van der Waals surface area contributed by atoms with Crippen molar-refractivity contribution >= 4 is 0 Å². The molecule has 3 unspecified atom stereocenters. The molecule has 0 spiro atoms.